The minimum Gasteiger partial charge on any atom is -0.496 e. The Morgan fingerprint density at radius 2 is 1.79 bits per heavy atom. The SMILES string of the molecule is COc1ccccc1C1(NC(=O)CCCOc2ccccc2)CC1. The number of benzene rings is 2. The maximum Gasteiger partial charge on any atom is 0.220 e. The lowest BCUT2D eigenvalue weighted by molar-refractivity contribution is -0.122. The van der Waals surface area contributed by atoms with Gasteiger partial charge in [0.2, 0.25) is 5.91 Å². The highest BCUT2D eigenvalue weighted by atomic mass is 16.5. The highest BCUT2D eigenvalue weighted by Gasteiger charge is 2.47. The molecule has 4 nitrogen and oxygen atoms in total. The fourth-order valence-electron chi connectivity index (χ4n) is 2.90. The van der Waals surface area contributed by atoms with Crippen molar-refractivity contribution in [2.24, 2.45) is 0 Å². The van der Waals surface area contributed by atoms with E-state index in [9.17, 15) is 4.79 Å². The smallest absolute Gasteiger partial charge is 0.220 e. The summed E-state index contributed by atoms with van der Waals surface area (Å²) in [4.78, 5) is 12.3. The van der Waals surface area contributed by atoms with Crippen LogP contribution in [0.25, 0.3) is 0 Å². The van der Waals surface area contributed by atoms with Gasteiger partial charge in [-0.3, -0.25) is 4.79 Å². The van der Waals surface area contributed by atoms with Crippen LogP contribution in [0.1, 0.15) is 31.2 Å². The van der Waals surface area contributed by atoms with Gasteiger partial charge in [0.15, 0.2) is 0 Å². The fraction of sp³-hybridized carbons (Fsp3) is 0.350. The van der Waals surface area contributed by atoms with E-state index in [-0.39, 0.29) is 11.4 Å². The Kier molecular flexibility index (Phi) is 5.04. The van der Waals surface area contributed by atoms with Gasteiger partial charge < -0.3 is 14.8 Å². The van der Waals surface area contributed by atoms with Crippen molar-refractivity contribution >= 4 is 5.91 Å². The Morgan fingerprint density at radius 1 is 1.08 bits per heavy atom. The average molecular weight is 325 g/mol. The molecule has 1 N–H and O–H groups in total. The lowest BCUT2D eigenvalue weighted by Gasteiger charge is -2.20. The van der Waals surface area contributed by atoms with Gasteiger partial charge in [-0.2, -0.15) is 0 Å². The second-order valence-electron chi connectivity index (χ2n) is 6.10. The minimum absolute atomic E-state index is 0.0649. The molecule has 1 saturated carbocycles. The summed E-state index contributed by atoms with van der Waals surface area (Å²) in [6.07, 6.45) is 3.08. The molecule has 1 amide bonds. The molecule has 0 aliphatic heterocycles. The molecule has 126 valence electrons. The number of rotatable bonds is 8. The molecule has 0 radical (unpaired) electrons. The van der Waals surface area contributed by atoms with E-state index >= 15 is 0 Å². The number of amides is 1. The van der Waals surface area contributed by atoms with E-state index in [1.807, 2.05) is 54.6 Å². The predicted octanol–water partition coefficient (Wildman–Crippen LogP) is 3.66. The Morgan fingerprint density at radius 3 is 2.50 bits per heavy atom. The van der Waals surface area contributed by atoms with Crippen LogP contribution in [-0.2, 0) is 10.3 Å². The van der Waals surface area contributed by atoms with Gasteiger partial charge in [0.05, 0.1) is 19.3 Å². The first-order valence-electron chi connectivity index (χ1n) is 8.36. The van der Waals surface area contributed by atoms with Gasteiger partial charge in [-0.05, 0) is 37.5 Å². The van der Waals surface area contributed by atoms with Gasteiger partial charge in [-0.1, -0.05) is 36.4 Å². The Balaban J connectivity index is 1.48. The monoisotopic (exact) mass is 325 g/mol. The summed E-state index contributed by atoms with van der Waals surface area (Å²) in [6.45, 7) is 0.541. The molecule has 0 unspecified atom stereocenters. The first kappa shape index (κ1) is 16.4. The van der Waals surface area contributed by atoms with E-state index in [0.717, 1.165) is 29.9 Å². The number of hydrogen-bond acceptors (Lipinski definition) is 3. The van der Waals surface area contributed by atoms with Crippen LogP contribution in [-0.4, -0.2) is 19.6 Å². The van der Waals surface area contributed by atoms with Crippen molar-refractivity contribution < 1.29 is 14.3 Å². The molecule has 1 fully saturated rings. The summed E-state index contributed by atoms with van der Waals surface area (Å²) in [5, 5.41) is 3.18. The quantitative estimate of drug-likeness (QED) is 0.754. The molecule has 24 heavy (non-hydrogen) atoms. The number of ether oxygens (including phenoxy) is 2. The topological polar surface area (TPSA) is 47.6 Å². The van der Waals surface area contributed by atoms with Crippen molar-refractivity contribution in [3.05, 3.63) is 60.2 Å². The van der Waals surface area contributed by atoms with E-state index in [1.54, 1.807) is 7.11 Å². The van der Waals surface area contributed by atoms with Crippen molar-refractivity contribution in [2.45, 2.75) is 31.2 Å². The zero-order valence-corrected chi connectivity index (χ0v) is 14.0. The second kappa shape index (κ2) is 7.39. The number of para-hydroxylation sites is 2. The van der Waals surface area contributed by atoms with Crippen molar-refractivity contribution in [1.82, 2.24) is 5.32 Å². The van der Waals surface area contributed by atoms with Crippen LogP contribution in [0.15, 0.2) is 54.6 Å². The van der Waals surface area contributed by atoms with Crippen LogP contribution in [0.5, 0.6) is 11.5 Å². The summed E-state index contributed by atoms with van der Waals surface area (Å²) in [6, 6.07) is 17.6. The van der Waals surface area contributed by atoms with E-state index in [4.69, 9.17) is 9.47 Å². The molecule has 0 bridgehead atoms. The maximum absolute atomic E-state index is 12.3. The molecule has 2 aromatic rings. The van der Waals surface area contributed by atoms with Crippen LogP contribution in [0.2, 0.25) is 0 Å². The zero-order chi connectivity index (χ0) is 16.8. The first-order valence-corrected chi connectivity index (χ1v) is 8.36. The Bertz CT molecular complexity index is 680. The molecule has 0 saturated heterocycles. The molecule has 1 aliphatic rings. The molecule has 1 aliphatic carbocycles. The first-order chi connectivity index (χ1) is 11.7. The van der Waals surface area contributed by atoms with Crippen LogP contribution in [0.3, 0.4) is 0 Å². The highest BCUT2D eigenvalue weighted by Crippen LogP contribution is 2.48. The molecular formula is C20H23NO3. The van der Waals surface area contributed by atoms with E-state index in [0.29, 0.717) is 19.4 Å². The van der Waals surface area contributed by atoms with Crippen LogP contribution < -0.4 is 14.8 Å². The Hall–Kier alpha value is -2.49. The largest absolute Gasteiger partial charge is 0.496 e. The van der Waals surface area contributed by atoms with E-state index in [2.05, 4.69) is 5.32 Å². The third-order valence-corrected chi connectivity index (χ3v) is 4.31. The van der Waals surface area contributed by atoms with E-state index in [1.165, 1.54) is 0 Å². The van der Waals surface area contributed by atoms with Crippen molar-refractivity contribution in [2.75, 3.05) is 13.7 Å². The average Bonchev–Trinajstić information content (AvgIpc) is 3.40. The molecule has 3 rings (SSSR count). The van der Waals surface area contributed by atoms with Gasteiger partial charge in [-0.15, -0.1) is 0 Å². The van der Waals surface area contributed by atoms with Gasteiger partial charge >= 0.3 is 0 Å². The fourth-order valence-corrected chi connectivity index (χ4v) is 2.90. The van der Waals surface area contributed by atoms with Crippen LogP contribution in [0, 0.1) is 0 Å². The molecular weight excluding hydrogens is 302 g/mol. The number of carbonyl (C=O) groups is 1. The summed E-state index contributed by atoms with van der Waals surface area (Å²) in [7, 11) is 1.66. The number of hydrogen-bond donors (Lipinski definition) is 1. The summed E-state index contributed by atoms with van der Waals surface area (Å²) < 4.78 is 11.1. The lowest BCUT2D eigenvalue weighted by atomic mass is 10.0. The third-order valence-electron chi connectivity index (χ3n) is 4.31. The normalized spacial score (nSPS) is 14.7. The van der Waals surface area contributed by atoms with Gasteiger partial charge in [0.1, 0.15) is 11.5 Å². The molecule has 0 spiro atoms. The van der Waals surface area contributed by atoms with Gasteiger partial charge in [0.25, 0.3) is 0 Å². The van der Waals surface area contributed by atoms with Crippen LogP contribution >= 0.6 is 0 Å². The number of carbonyl (C=O) groups excluding carboxylic acids is 1. The Labute approximate surface area is 142 Å². The third kappa shape index (κ3) is 3.88. The molecule has 2 aromatic carbocycles. The lowest BCUT2D eigenvalue weighted by Crippen LogP contribution is -2.35. The minimum atomic E-state index is -0.246. The van der Waals surface area contributed by atoms with Crippen molar-refractivity contribution in [3.8, 4) is 11.5 Å². The number of methoxy groups -OCH3 is 1. The van der Waals surface area contributed by atoms with Gasteiger partial charge in [0, 0.05) is 12.0 Å². The maximum atomic E-state index is 12.3. The molecule has 4 heteroatoms. The second-order valence-corrected chi connectivity index (χ2v) is 6.10. The summed E-state index contributed by atoms with van der Waals surface area (Å²) >= 11 is 0. The molecule has 0 atom stereocenters. The predicted molar refractivity (Wildman–Crippen MR) is 93.2 cm³/mol. The molecule has 0 aromatic heterocycles. The highest BCUT2D eigenvalue weighted by molar-refractivity contribution is 5.77. The van der Waals surface area contributed by atoms with Gasteiger partial charge in [-0.25, -0.2) is 0 Å². The van der Waals surface area contributed by atoms with E-state index < -0.39 is 0 Å². The van der Waals surface area contributed by atoms with Crippen LogP contribution in [0.4, 0.5) is 0 Å². The summed E-state index contributed by atoms with van der Waals surface area (Å²) in [5.74, 6) is 1.74. The number of nitrogens with one attached hydrogen (secondary N) is 1. The standard InChI is InChI=1S/C20H23NO3/c1-23-18-11-6-5-10-17(18)20(13-14-20)21-19(22)12-7-15-24-16-8-3-2-4-9-16/h2-6,8-11H,7,12-15H2,1H3,(H,21,22). The molecule has 0 heterocycles. The summed E-state index contributed by atoms with van der Waals surface area (Å²) in [5.41, 5.74) is 0.825. The van der Waals surface area contributed by atoms with Crippen molar-refractivity contribution in [1.29, 1.82) is 0 Å². The van der Waals surface area contributed by atoms with Crippen molar-refractivity contribution in [3.63, 3.8) is 0 Å². The zero-order valence-electron chi connectivity index (χ0n) is 14.0.